The zero-order valence-electron chi connectivity index (χ0n) is 45.8. The van der Waals surface area contributed by atoms with Crippen LogP contribution < -0.4 is 5.11 Å². The minimum atomic E-state index is -5.80. The average Bonchev–Trinajstić information content (AvgIpc) is 3.38. The summed E-state index contributed by atoms with van der Waals surface area (Å²) in [6.45, 7) is 19.9. The van der Waals surface area contributed by atoms with Gasteiger partial charge in [0.1, 0.15) is 19.8 Å². The van der Waals surface area contributed by atoms with Crippen LogP contribution >= 0.6 is 0 Å². The first-order chi connectivity index (χ1) is 36.3. The second-order valence-corrected chi connectivity index (χ2v) is 18.0. The van der Waals surface area contributed by atoms with E-state index in [1.54, 1.807) is 26.2 Å². The average molecular weight is 1260 g/mol. The monoisotopic (exact) mass is 1260 g/mol. The van der Waals surface area contributed by atoms with Crippen molar-refractivity contribution in [2.75, 3.05) is 152 Å². The molecule has 0 fully saturated rings. The van der Waals surface area contributed by atoms with Crippen LogP contribution in [0.5, 0.6) is 0 Å². The summed E-state index contributed by atoms with van der Waals surface area (Å²) in [4.78, 5) is 33.8. The number of halogens is 6. The van der Waals surface area contributed by atoms with Gasteiger partial charge in [-0.3, -0.25) is 9.59 Å². The van der Waals surface area contributed by atoms with Crippen LogP contribution in [0.3, 0.4) is 0 Å². The number of carbonyl (C=O) groups excluding carboxylic acids is 3. The van der Waals surface area contributed by atoms with Crippen LogP contribution in [-0.2, 0) is 108 Å². The van der Waals surface area contributed by atoms with Gasteiger partial charge in [0.05, 0.1) is 137 Å². The van der Waals surface area contributed by atoms with Gasteiger partial charge in [-0.1, -0.05) is 65.8 Å². The molecule has 4 unspecified atom stereocenters. The molecule has 0 saturated heterocycles. The Balaban J connectivity index is -0.00000113. The van der Waals surface area contributed by atoms with Gasteiger partial charge in [0, 0.05) is 13.0 Å². The van der Waals surface area contributed by atoms with E-state index in [-0.39, 0.29) is 84.1 Å². The van der Waals surface area contributed by atoms with Gasteiger partial charge >= 0.3 is 62.0 Å². The third-order valence-corrected chi connectivity index (χ3v) is 11.2. The number of alkyl halides is 6. The largest absolute Gasteiger partial charge is 1.00 e. The summed E-state index contributed by atoms with van der Waals surface area (Å²) in [6.07, 6.45) is -2.83. The van der Waals surface area contributed by atoms with Gasteiger partial charge in [0.2, 0.25) is 0 Å². The number of benzene rings is 1. The predicted octanol–water partition coefficient (Wildman–Crippen LogP) is 4.96. The third-order valence-electron chi connectivity index (χ3n) is 10.3. The summed E-state index contributed by atoms with van der Waals surface area (Å²) in [5.41, 5.74) is -8.43. The maximum absolute atomic E-state index is 12.3. The number of ether oxygens (including phenoxy) is 13. The molecule has 78 heavy (non-hydrogen) atoms. The Labute approximate surface area is 470 Å². The van der Waals surface area contributed by atoms with E-state index in [4.69, 9.17) is 61.9 Å². The molecule has 29 heteroatoms. The molecule has 4 atom stereocenters. The van der Waals surface area contributed by atoms with Crippen LogP contribution in [0.2, 0.25) is 0 Å². The minimum absolute atomic E-state index is 0. The fourth-order valence-corrected chi connectivity index (χ4v) is 5.19. The van der Waals surface area contributed by atoms with E-state index in [9.17, 15) is 54.3 Å². The number of rotatable bonds is 42. The Morgan fingerprint density at radius 3 is 1.10 bits per heavy atom. The summed E-state index contributed by atoms with van der Waals surface area (Å²) in [6, 6.07) is 5.66. The van der Waals surface area contributed by atoms with Gasteiger partial charge in [-0.15, -0.1) is 0 Å². The molecule has 0 aliphatic heterocycles. The van der Waals surface area contributed by atoms with Crippen LogP contribution in [0, 0.1) is 11.8 Å². The first-order valence-corrected chi connectivity index (χ1v) is 26.4. The van der Waals surface area contributed by atoms with Crippen molar-refractivity contribution in [1.82, 2.24) is 0 Å². The van der Waals surface area contributed by atoms with Crippen LogP contribution in [0.25, 0.3) is 0 Å². The van der Waals surface area contributed by atoms with Crippen LogP contribution in [0.15, 0.2) is 28.7 Å². The van der Waals surface area contributed by atoms with Crippen molar-refractivity contribution in [2.45, 2.75) is 90.9 Å². The quantitative estimate of drug-likeness (QED) is 0.0173. The van der Waals surface area contributed by atoms with Gasteiger partial charge in [0.25, 0.3) is 5.60 Å². The topological polar surface area (TPSA) is 261 Å². The number of hydrogen-bond acceptors (Lipinski definition) is 20. The van der Waals surface area contributed by atoms with E-state index in [1.165, 1.54) is 12.1 Å². The van der Waals surface area contributed by atoms with Crippen LogP contribution in [0.1, 0.15) is 84.8 Å². The maximum Gasteiger partial charge on any atom is 1.00 e. The molecule has 0 spiro atoms. The van der Waals surface area contributed by atoms with Crippen molar-refractivity contribution in [2.24, 2.45) is 16.2 Å². The molecule has 1 rings (SSSR count). The van der Waals surface area contributed by atoms with Gasteiger partial charge in [-0.05, 0) is 43.2 Å². The van der Waals surface area contributed by atoms with Crippen LogP contribution in [-0.4, -0.2) is 207 Å². The second kappa shape index (κ2) is 47.6. The molecule has 1 N–H and O–H groups in total. The number of carbonyl (C=O) groups is 3. The molecule has 1 aromatic carbocycles. The SMILES string of the molecule is CCC(C)C(=O)OCCOCCOC(=O)C(C)(O)C(F)(F)F.CCC(C)C(=O)OCCOCCOCCOCCOCCOCCOCCOCCOCCOC.CCC(C)c1ccc(C([O-])=NS(=O)(=O)C(F)(F)F)cc1.[Ag+]. The van der Waals surface area contributed by atoms with E-state index in [0.717, 1.165) is 18.4 Å². The van der Waals surface area contributed by atoms with E-state index in [0.29, 0.717) is 126 Å². The Hall–Kier alpha value is -3.07. The number of esters is 3. The van der Waals surface area contributed by atoms with Crippen molar-refractivity contribution in [1.29, 1.82) is 0 Å². The summed E-state index contributed by atoms with van der Waals surface area (Å²) in [5.74, 6) is -3.83. The number of hydrogen-bond donors (Lipinski definition) is 1. The third kappa shape index (κ3) is 40.2. The molecule has 0 aromatic heterocycles. The van der Waals surface area contributed by atoms with Crippen molar-refractivity contribution in [3.63, 3.8) is 0 Å². The zero-order valence-corrected chi connectivity index (χ0v) is 48.1. The Bertz CT molecular complexity index is 1800. The summed E-state index contributed by atoms with van der Waals surface area (Å²) >= 11 is 0. The number of nitrogens with zero attached hydrogens (tertiary/aromatic N) is 1. The standard InChI is InChI=1S/C24H48O11.C13H21F3O6.C12H14F3NO3S.Ag/c1-4-23(2)24(25)35-22-21-34-20-19-33-18-17-32-16-15-31-14-13-30-12-11-29-10-9-28-8-7-27-6-5-26-3;1-4-9(2)10(17)21-7-5-20-6-8-22-11(18)12(3,19)13(14,15)16;1-3-8(2)9-4-6-10(7-5-9)11(17)16-20(18,19)12(13,14)15;/h23H,4-22H2,1-3H3;9,19H,4-8H2,1-3H3;4-8H,3H2,1-2H3,(H,16,17);/q;;;+1/p-1. The maximum atomic E-state index is 12.3. The van der Waals surface area contributed by atoms with E-state index in [1.807, 2.05) is 34.6 Å². The fourth-order valence-electron chi connectivity index (χ4n) is 4.76. The molecule has 0 amide bonds. The van der Waals surface area contributed by atoms with Crippen molar-refractivity contribution < 1.29 is 143 Å². The van der Waals surface area contributed by atoms with E-state index < -0.39 is 45.8 Å². The normalized spacial score (nSPS) is 13.8. The first-order valence-electron chi connectivity index (χ1n) is 25.0. The number of methoxy groups -OCH3 is 1. The molecule has 0 saturated carbocycles. The minimum Gasteiger partial charge on any atom is -0.858 e. The van der Waals surface area contributed by atoms with Crippen molar-refractivity contribution >= 4 is 33.8 Å². The van der Waals surface area contributed by atoms with Gasteiger partial charge in [-0.2, -0.15) is 39.2 Å². The number of aliphatic hydroxyl groups is 1. The Morgan fingerprint density at radius 2 is 0.833 bits per heavy atom. The molecule has 0 radical (unpaired) electrons. The summed E-state index contributed by atoms with van der Waals surface area (Å²) in [7, 11) is -4.16. The smallest absolute Gasteiger partial charge is 0.858 e. The first kappa shape index (κ1) is 79.2. The second-order valence-electron chi connectivity index (χ2n) is 16.4. The van der Waals surface area contributed by atoms with E-state index in [2.05, 4.69) is 9.13 Å². The molecular formula is C49H82AgF6NO20S. The molecule has 0 heterocycles. The molecule has 21 nitrogen and oxygen atoms in total. The summed E-state index contributed by atoms with van der Waals surface area (Å²) < 4.78 is 164. The molecule has 462 valence electrons. The molecule has 0 aliphatic carbocycles. The fraction of sp³-hybridized carbons (Fsp3) is 0.796. The van der Waals surface area contributed by atoms with Crippen molar-refractivity contribution in [3.05, 3.63) is 35.4 Å². The van der Waals surface area contributed by atoms with Gasteiger partial charge < -0.3 is 71.8 Å². The van der Waals surface area contributed by atoms with E-state index >= 15 is 0 Å². The Kier molecular flexibility index (Phi) is 48.3. The predicted molar refractivity (Wildman–Crippen MR) is 264 cm³/mol. The molecule has 0 aliphatic rings. The van der Waals surface area contributed by atoms with Crippen molar-refractivity contribution in [3.8, 4) is 0 Å². The zero-order chi connectivity index (χ0) is 58.6. The van der Waals surface area contributed by atoms with Gasteiger partial charge in [-0.25, -0.2) is 4.79 Å². The number of sulfonamides is 1. The molecule has 1 aromatic rings. The molecular weight excluding hydrogens is 1180 g/mol. The Morgan fingerprint density at radius 1 is 0.538 bits per heavy atom. The molecule has 0 bridgehead atoms. The van der Waals surface area contributed by atoms with Gasteiger partial charge in [0.15, 0.2) is 0 Å². The van der Waals surface area contributed by atoms with Crippen LogP contribution in [0.4, 0.5) is 26.3 Å². The summed E-state index contributed by atoms with van der Waals surface area (Å²) in [5, 5.41) is 20.4.